The summed E-state index contributed by atoms with van der Waals surface area (Å²) in [6.07, 6.45) is -0.204. The third-order valence-electron chi connectivity index (χ3n) is 1.06. The average molecular weight is 206 g/mol. The summed E-state index contributed by atoms with van der Waals surface area (Å²) in [5, 5.41) is 0. The van der Waals surface area contributed by atoms with Crippen molar-refractivity contribution >= 4 is 5.97 Å². The van der Waals surface area contributed by atoms with E-state index < -0.39 is 0 Å². The van der Waals surface area contributed by atoms with Crippen molar-refractivity contribution in [1.82, 2.24) is 0 Å². The van der Waals surface area contributed by atoms with Crippen molar-refractivity contribution in [3.05, 3.63) is 12.2 Å². The highest BCUT2D eigenvalue weighted by molar-refractivity contribution is 5.87. The molecule has 0 aromatic heterocycles. The maximum atomic E-state index is 10.9. The SMILES string of the molecule is C.C.C.C=C(C)C(=O)OC(C)COC. The molecule has 0 fully saturated rings. The van der Waals surface area contributed by atoms with E-state index in [4.69, 9.17) is 9.47 Å². The number of carbonyl (C=O) groups excluding carboxylic acids is 1. The van der Waals surface area contributed by atoms with Gasteiger partial charge in [-0.25, -0.2) is 4.79 Å². The fourth-order valence-electron chi connectivity index (χ4n) is 0.552. The molecule has 0 aliphatic rings. The lowest BCUT2D eigenvalue weighted by Crippen LogP contribution is -2.19. The minimum Gasteiger partial charge on any atom is -0.457 e. The summed E-state index contributed by atoms with van der Waals surface area (Å²) in [5.41, 5.74) is 0.410. The molecule has 0 N–H and O–H groups in total. The molecule has 0 saturated carbocycles. The number of hydrogen-bond donors (Lipinski definition) is 0. The van der Waals surface area contributed by atoms with Crippen LogP contribution in [-0.2, 0) is 14.3 Å². The largest absolute Gasteiger partial charge is 0.457 e. The van der Waals surface area contributed by atoms with Gasteiger partial charge in [0.1, 0.15) is 6.10 Å². The van der Waals surface area contributed by atoms with Crippen molar-refractivity contribution in [2.75, 3.05) is 13.7 Å². The first kappa shape index (κ1) is 23.2. The van der Waals surface area contributed by atoms with E-state index in [1.54, 1.807) is 21.0 Å². The molecule has 0 aliphatic carbocycles. The monoisotopic (exact) mass is 206 g/mol. The van der Waals surface area contributed by atoms with Crippen molar-refractivity contribution in [3.63, 3.8) is 0 Å². The first-order valence-corrected chi connectivity index (χ1v) is 3.43. The van der Waals surface area contributed by atoms with Crippen LogP contribution in [0.4, 0.5) is 0 Å². The first-order chi connectivity index (χ1) is 5.07. The van der Waals surface area contributed by atoms with Crippen LogP contribution in [0.5, 0.6) is 0 Å². The van der Waals surface area contributed by atoms with Gasteiger partial charge in [0.15, 0.2) is 0 Å². The van der Waals surface area contributed by atoms with Gasteiger partial charge in [-0.3, -0.25) is 0 Å². The number of ether oxygens (including phenoxy) is 2. The van der Waals surface area contributed by atoms with Crippen molar-refractivity contribution in [2.45, 2.75) is 42.2 Å². The molecular formula is C11H26O3. The predicted octanol–water partition coefficient (Wildman–Crippen LogP) is 3.05. The molecule has 1 atom stereocenters. The van der Waals surface area contributed by atoms with Gasteiger partial charge in [-0.1, -0.05) is 28.9 Å². The van der Waals surface area contributed by atoms with Gasteiger partial charge in [0.05, 0.1) is 6.61 Å². The number of rotatable bonds is 4. The van der Waals surface area contributed by atoms with Gasteiger partial charge in [-0.05, 0) is 13.8 Å². The highest BCUT2D eigenvalue weighted by atomic mass is 16.6. The van der Waals surface area contributed by atoms with Gasteiger partial charge in [-0.2, -0.15) is 0 Å². The predicted molar refractivity (Wildman–Crippen MR) is 62.4 cm³/mol. The molecule has 0 radical (unpaired) electrons. The zero-order valence-corrected chi connectivity index (χ0v) is 7.22. The minimum atomic E-state index is -0.366. The Morgan fingerprint density at radius 2 is 1.79 bits per heavy atom. The summed E-state index contributed by atoms with van der Waals surface area (Å²) in [6, 6.07) is 0. The number of carbonyl (C=O) groups is 1. The topological polar surface area (TPSA) is 35.5 Å². The molecule has 3 heteroatoms. The normalized spacial score (nSPS) is 9.64. The maximum absolute atomic E-state index is 10.9. The molecule has 0 aromatic carbocycles. The molecule has 0 rings (SSSR count). The number of hydrogen-bond acceptors (Lipinski definition) is 3. The lowest BCUT2D eigenvalue weighted by atomic mass is 10.3. The van der Waals surface area contributed by atoms with Crippen LogP contribution in [0.15, 0.2) is 12.2 Å². The fourth-order valence-corrected chi connectivity index (χ4v) is 0.552. The summed E-state index contributed by atoms with van der Waals surface area (Å²) in [5.74, 6) is -0.366. The van der Waals surface area contributed by atoms with Crippen LogP contribution in [0, 0.1) is 0 Å². The number of esters is 1. The van der Waals surface area contributed by atoms with E-state index in [1.165, 1.54) is 0 Å². The van der Waals surface area contributed by atoms with Crippen LogP contribution in [0.3, 0.4) is 0 Å². The number of methoxy groups -OCH3 is 1. The van der Waals surface area contributed by atoms with Crippen molar-refractivity contribution < 1.29 is 14.3 Å². The first-order valence-electron chi connectivity index (χ1n) is 3.43. The maximum Gasteiger partial charge on any atom is 0.333 e. The second-order valence-corrected chi connectivity index (χ2v) is 2.45. The molecule has 1 unspecified atom stereocenters. The van der Waals surface area contributed by atoms with E-state index in [1.807, 2.05) is 0 Å². The third-order valence-corrected chi connectivity index (χ3v) is 1.06. The van der Waals surface area contributed by atoms with Crippen LogP contribution in [0.1, 0.15) is 36.1 Å². The quantitative estimate of drug-likeness (QED) is 0.524. The highest BCUT2D eigenvalue weighted by Gasteiger charge is 2.08. The van der Waals surface area contributed by atoms with E-state index in [2.05, 4.69) is 6.58 Å². The van der Waals surface area contributed by atoms with Gasteiger partial charge < -0.3 is 9.47 Å². The summed E-state index contributed by atoms with van der Waals surface area (Å²) in [4.78, 5) is 10.9. The average Bonchev–Trinajstić information content (AvgIpc) is 1.87. The molecule has 0 heterocycles. The molecule has 14 heavy (non-hydrogen) atoms. The second-order valence-electron chi connectivity index (χ2n) is 2.45. The second kappa shape index (κ2) is 12.2. The summed E-state index contributed by atoms with van der Waals surface area (Å²) in [7, 11) is 1.56. The van der Waals surface area contributed by atoms with Crippen molar-refractivity contribution in [1.29, 1.82) is 0 Å². The fraction of sp³-hybridized carbons (Fsp3) is 0.727. The molecule has 0 amide bonds. The van der Waals surface area contributed by atoms with Crippen LogP contribution in [0.25, 0.3) is 0 Å². The Morgan fingerprint density at radius 3 is 2.07 bits per heavy atom. The Kier molecular flexibility index (Phi) is 20.2. The molecule has 3 nitrogen and oxygen atoms in total. The lowest BCUT2D eigenvalue weighted by Gasteiger charge is -2.11. The van der Waals surface area contributed by atoms with Gasteiger partial charge in [0.2, 0.25) is 0 Å². The van der Waals surface area contributed by atoms with Crippen LogP contribution >= 0.6 is 0 Å². The Labute approximate surface area is 89.1 Å². The molecule has 0 saturated heterocycles. The van der Waals surface area contributed by atoms with E-state index >= 15 is 0 Å². The van der Waals surface area contributed by atoms with Gasteiger partial charge in [0, 0.05) is 12.7 Å². The van der Waals surface area contributed by atoms with Crippen molar-refractivity contribution in [2.24, 2.45) is 0 Å². The smallest absolute Gasteiger partial charge is 0.333 e. The van der Waals surface area contributed by atoms with Crippen molar-refractivity contribution in [3.8, 4) is 0 Å². The van der Waals surface area contributed by atoms with E-state index in [9.17, 15) is 4.79 Å². The highest BCUT2D eigenvalue weighted by Crippen LogP contribution is 1.97. The zero-order valence-electron chi connectivity index (χ0n) is 7.22. The molecule has 0 aromatic rings. The van der Waals surface area contributed by atoms with Crippen LogP contribution in [-0.4, -0.2) is 25.8 Å². The Morgan fingerprint density at radius 1 is 1.36 bits per heavy atom. The molecule has 0 aliphatic heterocycles. The lowest BCUT2D eigenvalue weighted by molar-refractivity contribution is -0.145. The third kappa shape index (κ3) is 11.2. The van der Waals surface area contributed by atoms with Gasteiger partial charge in [0.25, 0.3) is 0 Å². The zero-order chi connectivity index (χ0) is 8.85. The van der Waals surface area contributed by atoms with Crippen LogP contribution < -0.4 is 0 Å². The Hall–Kier alpha value is -0.830. The molecule has 0 bridgehead atoms. The summed E-state index contributed by atoms with van der Waals surface area (Å²) < 4.78 is 9.67. The standard InChI is InChI=1S/C8H14O3.3CH4/c1-6(2)8(9)11-7(3)5-10-4;;;/h7H,1,5H2,2-4H3;3*1H4. The van der Waals surface area contributed by atoms with Gasteiger partial charge >= 0.3 is 5.97 Å². The van der Waals surface area contributed by atoms with E-state index in [-0.39, 0.29) is 34.4 Å². The van der Waals surface area contributed by atoms with E-state index in [0.717, 1.165) is 0 Å². The Bertz CT molecular complexity index is 153. The molecule has 88 valence electrons. The van der Waals surface area contributed by atoms with Gasteiger partial charge in [-0.15, -0.1) is 0 Å². The molecule has 0 spiro atoms. The van der Waals surface area contributed by atoms with E-state index in [0.29, 0.717) is 12.2 Å². The minimum absolute atomic E-state index is 0. The Balaban J connectivity index is -0.000000167. The summed E-state index contributed by atoms with van der Waals surface area (Å²) in [6.45, 7) is 7.25. The molecular weight excluding hydrogens is 180 g/mol. The van der Waals surface area contributed by atoms with Crippen LogP contribution in [0.2, 0.25) is 0 Å². The summed E-state index contributed by atoms with van der Waals surface area (Å²) >= 11 is 0.